The number of benzene rings is 2. The first kappa shape index (κ1) is 27.3. The molecule has 3 amide bonds. The molecule has 35 heavy (non-hydrogen) atoms. The van der Waals surface area contributed by atoms with E-state index >= 15 is 0 Å². The Bertz CT molecular complexity index is 1040. The van der Waals surface area contributed by atoms with Gasteiger partial charge in [-0.1, -0.05) is 69.3 Å². The molecule has 0 radical (unpaired) electrons. The topological polar surface area (TPSA) is 93.5 Å². The van der Waals surface area contributed by atoms with Crippen molar-refractivity contribution in [1.82, 2.24) is 9.80 Å². The Morgan fingerprint density at radius 3 is 2.23 bits per heavy atom. The van der Waals surface area contributed by atoms with Crippen LogP contribution in [0, 0.1) is 23.2 Å². The van der Waals surface area contributed by atoms with Gasteiger partial charge in [0.15, 0.2) is 0 Å². The second-order valence-electron chi connectivity index (χ2n) is 9.15. The van der Waals surface area contributed by atoms with E-state index < -0.39 is 12.0 Å². The van der Waals surface area contributed by atoms with Gasteiger partial charge >= 0.3 is 0 Å². The van der Waals surface area contributed by atoms with Crippen LogP contribution in [0.15, 0.2) is 66.7 Å². The molecule has 184 valence electrons. The summed E-state index contributed by atoms with van der Waals surface area (Å²) in [6.07, 6.45) is 3.36. The van der Waals surface area contributed by atoms with Gasteiger partial charge in [-0.3, -0.25) is 14.4 Å². The second-order valence-corrected chi connectivity index (χ2v) is 9.15. The van der Waals surface area contributed by atoms with E-state index in [-0.39, 0.29) is 37.2 Å². The number of hydrogen-bond acceptors (Lipinski definition) is 4. The highest BCUT2D eigenvalue weighted by Gasteiger charge is 2.39. The van der Waals surface area contributed by atoms with E-state index in [2.05, 4.69) is 32.2 Å². The van der Waals surface area contributed by atoms with Gasteiger partial charge in [-0.05, 0) is 36.1 Å². The van der Waals surface area contributed by atoms with Gasteiger partial charge in [0.1, 0.15) is 6.04 Å². The molecule has 7 heteroatoms. The summed E-state index contributed by atoms with van der Waals surface area (Å²) in [4.78, 5) is 40.3. The number of para-hydroxylation sites is 1. The number of likely N-dealkylation sites (tertiary alicyclic amines) is 1. The Morgan fingerprint density at radius 2 is 1.66 bits per heavy atom. The summed E-state index contributed by atoms with van der Waals surface area (Å²) in [5.41, 5.74) is 1.55. The molecule has 1 aliphatic heterocycles. The lowest BCUT2D eigenvalue weighted by atomic mass is 10.1. The third-order valence-electron chi connectivity index (χ3n) is 5.15. The van der Waals surface area contributed by atoms with Crippen molar-refractivity contribution in [3.8, 4) is 6.07 Å². The lowest BCUT2D eigenvalue weighted by molar-refractivity contribution is -0.137. The van der Waals surface area contributed by atoms with Crippen molar-refractivity contribution in [3.63, 3.8) is 0 Å². The van der Waals surface area contributed by atoms with Gasteiger partial charge in [0.05, 0.1) is 18.5 Å². The third kappa shape index (κ3) is 9.09. The first-order valence-electron chi connectivity index (χ1n) is 11.7. The normalized spacial score (nSPS) is 16.9. The molecule has 7 nitrogen and oxygen atoms in total. The van der Waals surface area contributed by atoms with Crippen molar-refractivity contribution in [2.75, 3.05) is 25.5 Å². The summed E-state index contributed by atoms with van der Waals surface area (Å²) in [7, 11) is 1.53. The maximum Gasteiger partial charge on any atom is 0.246 e. The number of rotatable bonds is 6. The van der Waals surface area contributed by atoms with Crippen LogP contribution in [0.4, 0.5) is 5.69 Å². The van der Waals surface area contributed by atoms with Crippen molar-refractivity contribution in [2.24, 2.45) is 11.8 Å². The molecule has 0 spiro atoms. The number of carbonyl (C=O) groups is 3. The van der Waals surface area contributed by atoms with E-state index in [4.69, 9.17) is 0 Å². The van der Waals surface area contributed by atoms with Crippen LogP contribution in [0.2, 0.25) is 0 Å². The monoisotopic (exact) mass is 474 g/mol. The number of likely N-dealkylation sites (N-methyl/N-ethyl adjacent to an activating group) is 1. The van der Waals surface area contributed by atoms with Crippen LogP contribution in [-0.4, -0.2) is 53.7 Å². The molecule has 0 bridgehead atoms. The number of amides is 3. The highest BCUT2D eigenvalue weighted by molar-refractivity contribution is 5.95. The minimum Gasteiger partial charge on any atom is -0.333 e. The molecule has 2 atom stereocenters. The lowest BCUT2D eigenvalue weighted by Gasteiger charge is -2.23. The number of nitrogens with one attached hydrogen (secondary N) is 1. The predicted octanol–water partition coefficient (Wildman–Crippen LogP) is 4.20. The Kier molecular flexibility index (Phi) is 10.7. The largest absolute Gasteiger partial charge is 0.333 e. The van der Waals surface area contributed by atoms with Crippen LogP contribution < -0.4 is 5.32 Å². The first-order chi connectivity index (χ1) is 16.7. The highest BCUT2D eigenvalue weighted by Crippen LogP contribution is 2.24. The van der Waals surface area contributed by atoms with Crippen molar-refractivity contribution in [1.29, 1.82) is 5.26 Å². The van der Waals surface area contributed by atoms with Gasteiger partial charge in [0.2, 0.25) is 17.7 Å². The minimum atomic E-state index is -0.692. The van der Waals surface area contributed by atoms with Crippen molar-refractivity contribution in [3.05, 3.63) is 72.3 Å². The third-order valence-corrected chi connectivity index (χ3v) is 5.15. The van der Waals surface area contributed by atoms with Crippen molar-refractivity contribution in [2.45, 2.75) is 33.2 Å². The fraction of sp³-hybridized carbons (Fsp3) is 0.357. The van der Waals surface area contributed by atoms with Crippen LogP contribution in [0.25, 0.3) is 6.08 Å². The minimum absolute atomic E-state index is 0.150. The van der Waals surface area contributed by atoms with Gasteiger partial charge in [0, 0.05) is 25.4 Å². The fourth-order valence-electron chi connectivity index (χ4n) is 3.42. The van der Waals surface area contributed by atoms with E-state index in [1.807, 2.05) is 48.5 Å². The smallest absolute Gasteiger partial charge is 0.246 e. The summed E-state index contributed by atoms with van der Waals surface area (Å²) in [5.74, 6) is -0.543. The molecule has 0 aromatic heterocycles. The molecular weight excluding hydrogens is 440 g/mol. The van der Waals surface area contributed by atoms with Crippen LogP contribution in [0.3, 0.4) is 0 Å². The van der Waals surface area contributed by atoms with Crippen LogP contribution in [0.1, 0.15) is 32.8 Å². The van der Waals surface area contributed by atoms with Crippen molar-refractivity contribution >= 4 is 29.5 Å². The number of nitrogens with zero attached hydrogens (tertiary/aromatic N) is 3. The zero-order valence-corrected chi connectivity index (χ0v) is 20.8. The Morgan fingerprint density at radius 1 is 1.09 bits per heavy atom. The first-order valence-corrected chi connectivity index (χ1v) is 11.7. The molecule has 1 heterocycles. The van der Waals surface area contributed by atoms with Crippen LogP contribution in [0.5, 0.6) is 0 Å². The van der Waals surface area contributed by atoms with E-state index in [1.165, 1.54) is 22.9 Å². The van der Waals surface area contributed by atoms with E-state index in [1.54, 1.807) is 18.2 Å². The van der Waals surface area contributed by atoms with Gasteiger partial charge in [-0.25, -0.2) is 0 Å². The maximum atomic E-state index is 12.8. The summed E-state index contributed by atoms with van der Waals surface area (Å²) < 4.78 is 0. The van der Waals surface area contributed by atoms with Gasteiger partial charge in [-0.2, -0.15) is 5.26 Å². The molecule has 1 saturated heterocycles. The van der Waals surface area contributed by atoms with Crippen LogP contribution in [-0.2, 0) is 14.4 Å². The average Bonchev–Trinajstić information content (AvgIpc) is 3.28. The molecule has 0 saturated carbocycles. The van der Waals surface area contributed by atoms with E-state index in [9.17, 15) is 19.6 Å². The Labute approximate surface area is 208 Å². The predicted molar refractivity (Wildman–Crippen MR) is 138 cm³/mol. The Balaban J connectivity index is 0.00000100. The molecule has 2 aromatic rings. The summed E-state index contributed by atoms with van der Waals surface area (Å²) in [6, 6.07) is 19.8. The number of carbonyl (C=O) groups excluding carboxylic acids is 3. The molecule has 1 fully saturated rings. The van der Waals surface area contributed by atoms with E-state index in [0.29, 0.717) is 5.69 Å². The van der Waals surface area contributed by atoms with Gasteiger partial charge in [0.25, 0.3) is 0 Å². The highest BCUT2D eigenvalue weighted by atomic mass is 16.2. The molecule has 0 aliphatic carbocycles. The molecule has 2 unspecified atom stereocenters. The molecular formula is C28H34N4O3. The van der Waals surface area contributed by atoms with Crippen LogP contribution >= 0.6 is 0 Å². The maximum absolute atomic E-state index is 12.8. The van der Waals surface area contributed by atoms with Gasteiger partial charge in [-0.15, -0.1) is 0 Å². The number of hydrogen-bond donors (Lipinski definition) is 1. The molecule has 1 N–H and O–H groups in total. The standard InChI is InChI=1S/C24H24N4O3.C4H10/c1-27(22(29)13-12-18-8-4-2-5-9-18)17-23(30)28-16-19(14-21(28)15-25)24(31)26-20-10-6-3-7-11-20;1-4(2)3/h2-13,19,21H,14,16-17H2,1H3,(H,26,31);4H,1-3H3/b13-12+;. The lowest BCUT2D eigenvalue weighted by Crippen LogP contribution is -2.43. The summed E-state index contributed by atoms with van der Waals surface area (Å²) in [6.45, 7) is 6.49. The average molecular weight is 475 g/mol. The van der Waals surface area contributed by atoms with Crippen molar-refractivity contribution < 1.29 is 14.4 Å². The molecule has 3 rings (SSSR count). The fourth-order valence-corrected chi connectivity index (χ4v) is 3.42. The summed E-state index contributed by atoms with van der Waals surface area (Å²) in [5, 5.41) is 12.3. The SMILES string of the molecule is CC(C)C.CN(CC(=O)N1CC(C(=O)Nc2ccccc2)CC1C#N)C(=O)/C=C/c1ccccc1. The Hall–Kier alpha value is -3.92. The zero-order valence-electron chi connectivity index (χ0n) is 20.8. The zero-order chi connectivity index (χ0) is 25.8. The quantitative estimate of drug-likeness (QED) is 0.635. The molecule has 1 aliphatic rings. The van der Waals surface area contributed by atoms with Gasteiger partial charge < -0.3 is 15.1 Å². The van der Waals surface area contributed by atoms with E-state index in [0.717, 1.165) is 11.5 Å². The molecule has 2 aromatic carbocycles. The number of nitriles is 1. The second kappa shape index (κ2) is 13.7. The summed E-state index contributed by atoms with van der Waals surface area (Å²) >= 11 is 0. The number of anilines is 1.